The van der Waals surface area contributed by atoms with Crippen LogP contribution in [0.15, 0.2) is 24.3 Å². The highest BCUT2D eigenvalue weighted by atomic mass is 16.5. The van der Waals surface area contributed by atoms with Crippen molar-refractivity contribution in [2.24, 2.45) is 0 Å². The van der Waals surface area contributed by atoms with Gasteiger partial charge < -0.3 is 9.84 Å². The van der Waals surface area contributed by atoms with Crippen molar-refractivity contribution >= 4 is 5.97 Å². The van der Waals surface area contributed by atoms with E-state index >= 15 is 0 Å². The van der Waals surface area contributed by atoms with E-state index in [-0.39, 0.29) is 5.56 Å². The van der Waals surface area contributed by atoms with E-state index in [1.165, 1.54) is 6.07 Å². The van der Waals surface area contributed by atoms with Crippen molar-refractivity contribution in [3.8, 4) is 5.75 Å². The Morgan fingerprint density at radius 3 is 2.74 bits per heavy atom. The first-order valence-corrected chi connectivity index (χ1v) is 5.91. The summed E-state index contributed by atoms with van der Waals surface area (Å²) in [6, 6.07) is 6.57. The van der Waals surface area contributed by atoms with Gasteiger partial charge in [0.1, 0.15) is 29.6 Å². The third kappa shape index (κ3) is 3.09. The Kier molecular flexibility index (Phi) is 3.79. The first-order valence-electron chi connectivity index (χ1n) is 5.91. The molecule has 1 heterocycles. The van der Waals surface area contributed by atoms with E-state index in [0.717, 1.165) is 5.82 Å². The number of para-hydroxylation sites is 1. The molecule has 0 aliphatic carbocycles. The van der Waals surface area contributed by atoms with E-state index in [2.05, 4.69) is 10.1 Å². The molecule has 19 heavy (non-hydrogen) atoms. The number of carboxylic acids is 1. The number of hydrogen-bond acceptors (Lipinski definition) is 4. The average Bonchev–Trinajstić information content (AvgIpc) is 2.68. The van der Waals surface area contributed by atoms with Gasteiger partial charge in [-0.2, -0.15) is 5.10 Å². The molecule has 6 nitrogen and oxygen atoms in total. The molecule has 0 spiro atoms. The van der Waals surface area contributed by atoms with Crippen LogP contribution in [0.25, 0.3) is 0 Å². The standard InChI is InChI=1S/C13H15N3O3/c1-9-14-10(2)16(15-9)7-8-19-12-6-4-3-5-11(12)13(17)18/h3-6H,7-8H2,1-2H3,(H,17,18). The van der Waals surface area contributed by atoms with Gasteiger partial charge in [0.25, 0.3) is 0 Å². The number of hydrogen-bond donors (Lipinski definition) is 1. The normalized spacial score (nSPS) is 10.4. The highest BCUT2D eigenvalue weighted by Crippen LogP contribution is 2.17. The van der Waals surface area contributed by atoms with Gasteiger partial charge in [0.2, 0.25) is 0 Å². The Labute approximate surface area is 110 Å². The summed E-state index contributed by atoms with van der Waals surface area (Å²) in [6.07, 6.45) is 0. The van der Waals surface area contributed by atoms with Crippen molar-refractivity contribution < 1.29 is 14.6 Å². The highest BCUT2D eigenvalue weighted by molar-refractivity contribution is 5.90. The van der Waals surface area contributed by atoms with Gasteiger partial charge in [-0.3, -0.25) is 0 Å². The van der Waals surface area contributed by atoms with Crippen LogP contribution in [-0.4, -0.2) is 32.4 Å². The quantitative estimate of drug-likeness (QED) is 0.885. The minimum atomic E-state index is -0.997. The summed E-state index contributed by atoms with van der Waals surface area (Å²) in [5.74, 6) is 0.893. The maximum Gasteiger partial charge on any atom is 0.339 e. The number of carbonyl (C=O) groups is 1. The van der Waals surface area contributed by atoms with E-state index in [1.807, 2.05) is 13.8 Å². The zero-order valence-corrected chi connectivity index (χ0v) is 10.8. The van der Waals surface area contributed by atoms with E-state index in [1.54, 1.807) is 22.9 Å². The molecule has 0 unspecified atom stereocenters. The maximum atomic E-state index is 11.0. The van der Waals surface area contributed by atoms with Crippen LogP contribution < -0.4 is 4.74 Å². The summed E-state index contributed by atoms with van der Waals surface area (Å²) in [4.78, 5) is 15.2. The number of nitrogens with zero attached hydrogens (tertiary/aromatic N) is 3. The fourth-order valence-electron chi connectivity index (χ4n) is 1.78. The lowest BCUT2D eigenvalue weighted by molar-refractivity contribution is 0.0692. The largest absolute Gasteiger partial charge is 0.491 e. The molecule has 2 aromatic rings. The number of aromatic nitrogens is 3. The zero-order chi connectivity index (χ0) is 13.8. The molecule has 0 amide bonds. The Bertz CT molecular complexity index is 593. The van der Waals surface area contributed by atoms with Crippen LogP contribution in [-0.2, 0) is 6.54 Å². The number of carboxylic acid groups (broad SMARTS) is 1. The van der Waals surface area contributed by atoms with E-state index in [4.69, 9.17) is 9.84 Å². The molecule has 0 aliphatic heterocycles. The third-order valence-electron chi connectivity index (χ3n) is 2.64. The predicted octanol–water partition coefficient (Wildman–Crippen LogP) is 1.67. The third-order valence-corrected chi connectivity index (χ3v) is 2.64. The molecular weight excluding hydrogens is 246 g/mol. The van der Waals surface area contributed by atoms with Crippen LogP contribution in [0.5, 0.6) is 5.75 Å². The van der Waals surface area contributed by atoms with Crippen LogP contribution in [0, 0.1) is 13.8 Å². The summed E-state index contributed by atoms with van der Waals surface area (Å²) in [5.41, 5.74) is 0.161. The van der Waals surface area contributed by atoms with Crippen LogP contribution in [0.2, 0.25) is 0 Å². The van der Waals surface area contributed by atoms with Crippen LogP contribution in [0.3, 0.4) is 0 Å². The van der Waals surface area contributed by atoms with Gasteiger partial charge in [0.15, 0.2) is 0 Å². The minimum Gasteiger partial charge on any atom is -0.491 e. The molecule has 100 valence electrons. The molecule has 1 N–H and O–H groups in total. The van der Waals surface area contributed by atoms with Crippen LogP contribution >= 0.6 is 0 Å². The Morgan fingerprint density at radius 1 is 1.37 bits per heavy atom. The molecular formula is C13H15N3O3. The second-order valence-corrected chi connectivity index (χ2v) is 4.08. The summed E-state index contributed by atoms with van der Waals surface area (Å²) in [7, 11) is 0. The van der Waals surface area contributed by atoms with Crippen molar-refractivity contribution in [3.05, 3.63) is 41.5 Å². The molecule has 0 aliphatic rings. The number of ether oxygens (including phenoxy) is 1. The summed E-state index contributed by atoms with van der Waals surface area (Å²) in [6.45, 7) is 4.56. The maximum absolute atomic E-state index is 11.0. The van der Waals surface area contributed by atoms with Gasteiger partial charge in [-0.15, -0.1) is 0 Å². The van der Waals surface area contributed by atoms with Crippen molar-refractivity contribution in [1.29, 1.82) is 0 Å². The van der Waals surface area contributed by atoms with Gasteiger partial charge >= 0.3 is 5.97 Å². The van der Waals surface area contributed by atoms with E-state index < -0.39 is 5.97 Å². The molecule has 0 bridgehead atoms. The summed E-state index contributed by atoms with van der Waals surface area (Å²) >= 11 is 0. The Hall–Kier alpha value is -2.37. The summed E-state index contributed by atoms with van der Waals surface area (Å²) in [5, 5.41) is 13.2. The highest BCUT2D eigenvalue weighted by Gasteiger charge is 2.10. The molecule has 0 saturated heterocycles. The van der Waals surface area contributed by atoms with Crippen LogP contribution in [0.4, 0.5) is 0 Å². The molecule has 0 atom stereocenters. The topological polar surface area (TPSA) is 77.2 Å². The summed E-state index contributed by atoms with van der Waals surface area (Å²) < 4.78 is 7.23. The molecule has 1 aromatic heterocycles. The molecule has 6 heteroatoms. The van der Waals surface area contributed by atoms with Crippen LogP contribution in [0.1, 0.15) is 22.0 Å². The van der Waals surface area contributed by atoms with Crippen molar-refractivity contribution in [2.45, 2.75) is 20.4 Å². The smallest absolute Gasteiger partial charge is 0.339 e. The number of rotatable bonds is 5. The van der Waals surface area contributed by atoms with Gasteiger partial charge in [0, 0.05) is 0 Å². The van der Waals surface area contributed by atoms with Gasteiger partial charge in [-0.05, 0) is 26.0 Å². The lowest BCUT2D eigenvalue weighted by Crippen LogP contribution is -2.12. The van der Waals surface area contributed by atoms with Crippen molar-refractivity contribution in [1.82, 2.24) is 14.8 Å². The second-order valence-electron chi connectivity index (χ2n) is 4.08. The average molecular weight is 261 g/mol. The molecule has 1 aromatic carbocycles. The lowest BCUT2D eigenvalue weighted by Gasteiger charge is -2.09. The number of aryl methyl sites for hydroxylation is 2. The van der Waals surface area contributed by atoms with Crippen molar-refractivity contribution in [2.75, 3.05) is 6.61 Å². The van der Waals surface area contributed by atoms with Gasteiger partial charge in [0.05, 0.1) is 6.54 Å². The minimum absolute atomic E-state index is 0.161. The zero-order valence-electron chi connectivity index (χ0n) is 10.8. The Balaban J connectivity index is 2.00. The lowest BCUT2D eigenvalue weighted by atomic mass is 10.2. The molecule has 0 saturated carbocycles. The first-order chi connectivity index (χ1) is 9.08. The van der Waals surface area contributed by atoms with E-state index in [9.17, 15) is 4.79 Å². The fraction of sp³-hybridized carbons (Fsp3) is 0.308. The monoisotopic (exact) mass is 261 g/mol. The Morgan fingerprint density at radius 2 is 2.11 bits per heavy atom. The predicted molar refractivity (Wildman–Crippen MR) is 68.4 cm³/mol. The molecule has 0 fully saturated rings. The number of aromatic carboxylic acids is 1. The van der Waals surface area contributed by atoms with Gasteiger partial charge in [-0.25, -0.2) is 14.5 Å². The van der Waals surface area contributed by atoms with E-state index in [0.29, 0.717) is 24.7 Å². The second kappa shape index (κ2) is 5.51. The van der Waals surface area contributed by atoms with Gasteiger partial charge in [-0.1, -0.05) is 12.1 Å². The molecule has 2 rings (SSSR count). The van der Waals surface area contributed by atoms with Crippen molar-refractivity contribution in [3.63, 3.8) is 0 Å². The molecule has 0 radical (unpaired) electrons. The number of benzene rings is 1. The SMILES string of the molecule is Cc1nc(C)n(CCOc2ccccc2C(=O)O)n1. The first kappa shape index (κ1) is 13.1. The fourth-order valence-corrected chi connectivity index (χ4v) is 1.78.